The first-order valence-electron chi connectivity index (χ1n) is 18.2. The van der Waals surface area contributed by atoms with Crippen LogP contribution in [0.4, 0.5) is 4.79 Å². The van der Waals surface area contributed by atoms with Crippen molar-refractivity contribution >= 4 is 6.09 Å². The summed E-state index contributed by atoms with van der Waals surface area (Å²) in [6.45, 7) is 31.4. The number of carbonyl (C=O) groups excluding carboxylic acids is 1. The Labute approximate surface area is 286 Å². The van der Waals surface area contributed by atoms with E-state index in [1.165, 1.54) is 43.2 Å². The summed E-state index contributed by atoms with van der Waals surface area (Å²) in [6, 6.07) is 21.2. The molecule has 0 radical (unpaired) electrons. The molecule has 2 fully saturated rings. The van der Waals surface area contributed by atoms with E-state index in [0.29, 0.717) is 28.3 Å². The van der Waals surface area contributed by atoms with E-state index in [0.717, 1.165) is 44.2 Å². The summed E-state index contributed by atoms with van der Waals surface area (Å²) in [7, 11) is 0. The third-order valence-electron chi connectivity index (χ3n) is 9.29. The lowest BCUT2D eigenvalue weighted by Gasteiger charge is -2.38. The predicted molar refractivity (Wildman–Crippen MR) is 202 cm³/mol. The van der Waals surface area contributed by atoms with Gasteiger partial charge in [-0.25, -0.2) is 4.79 Å². The first-order valence-corrected chi connectivity index (χ1v) is 18.2. The molecule has 262 valence electrons. The van der Waals surface area contributed by atoms with Crippen molar-refractivity contribution in [3.05, 3.63) is 71.8 Å². The molecular weight excluding hydrogens is 562 g/mol. The summed E-state index contributed by atoms with van der Waals surface area (Å²) in [5, 5.41) is 0. The molecule has 0 N–H and O–H groups in total. The van der Waals surface area contributed by atoms with E-state index in [1.54, 1.807) is 0 Å². The van der Waals surface area contributed by atoms with Crippen LogP contribution < -0.4 is 0 Å². The number of piperidine rings is 1. The molecule has 0 spiro atoms. The fourth-order valence-corrected chi connectivity index (χ4v) is 6.26. The Balaban J connectivity index is 0.000000311. The average Bonchev–Trinajstić information content (AvgIpc) is 2.98. The van der Waals surface area contributed by atoms with Crippen molar-refractivity contribution in [2.45, 2.75) is 147 Å². The molecule has 2 aromatic carbocycles. The number of carbonyl (C=O) groups is 1. The Morgan fingerprint density at radius 2 is 1.09 bits per heavy atom. The van der Waals surface area contributed by atoms with E-state index in [4.69, 9.17) is 4.74 Å². The standard InChI is InChI=1S/C12H23NO2.C11H16.C10H20.C10H14/c1-5-15-11(14)13-8-6-10(7-9-13)12(2,3)4;1-11(2,3)9-10-7-5-4-6-8-10;2*1-10(2,3)9-7-5-4-6-8-9/h10H,5-9H2,1-4H3;4-8H,9H2,1-3H3;9H,4-8H2,1-3H3;4-8H,1-3H3. The molecule has 1 saturated carbocycles. The Hall–Kier alpha value is -2.29. The normalized spacial score (nSPS) is 16.5. The van der Waals surface area contributed by atoms with Crippen molar-refractivity contribution < 1.29 is 9.53 Å². The van der Waals surface area contributed by atoms with Crippen LogP contribution in [0.3, 0.4) is 0 Å². The van der Waals surface area contributed by atoms with Gasteiger partial charge >= 0.3 is 6.09 Å². The third kappa shape index (κ3) is 18.2. The molecular formula is C43H73NO2. The van der Waals surface area contributed by atoms with E-state index in [-0.39, 0.29) is 6.09 Å². The fraction of sp³-hybridized carbons (Fsp3) is 0.698. The van der Waals surface area contributed by atoms with Crippen LogP contribution in [0.5, 0.6) is 0 Å². The summed E-state index contributed by atoms with van der Waals surface area (Å²) >= 11 is 0. The largest absolute Gasteiger partial charge is 0.450 e. The van der Waals surface area contributed by atoms with Gasteiger partial charge in [-0.05, 0) is 83.7 Å². The molecule has 2 aromatic rings. The van der Waals surface area contributed by atoms with Crippen molar-refractivity contribution in [2.75, 3.05) is 19.7 Å². The topological polar surface area (TPSA) is 29.5 Å². The van der Waals surface area contributed by atoms with Crippen LogP contribution in [-0.2, 0) is 16.6 Å². The summed E-state index contributed by atoms with van der Waals surface area (Å²) < 4.78 is 4.99. The Kier molecular flexibility index (Phi) is 17.7. The zero-order chi connectivity index (χ0) is 35.0. The maximum atomic E-state index is 11.5. The van der Waals surface area contributed by atoms with Gasteiger partial charge in [-0.1, -0.05) is 163 Å². The molecule has 1 aliphatic heterocycles. The molecule has 3 heteroatoms. The van der Waals surface area contributed by atoms with Crippen molar-refractivity contribution in [2.24, 2.45) is 28.1 Å². The van der Waals surface area contributed by atoms with Gasteiger partial charge in [0.05, 0.1) is 6.61 Å². The number of nitrogens with zero attached hydrogens (tertiary/aromatic N) is 1. The van der Waals surface area contributed by atoms with Gasteiger partial charge in [0, 0.05) is 13.1 Å². The number of hydrogen-bond acceptors (Lipinski definition) is 2. The quantitative estimate of drug-likeness (QED) is 0.328. The van der Waals surface area contributed by atoms with Crippen LogP contribution in [0.15, 0.2) is 60.7 Å². The Morgan fingerprint density at radius 3 is 1.43 bits per heavy atom. The molecule has 2 aliphatic rings. The van der Waals surface area contributed by atoms with Crippen molar-refractivity contribution in [3.8, 4) is 0 Å². The van der Waals surface area contributed by atoms with Gasteiger partial charge in [0.25, 0.3) is 0 Å². The molecule has 1 heterocycles. The van der Waals surface area contributed by atoms with Gasteiger partial charge in [0.1, 0.15) is 0 Å². The molecule has 0 bridgehead atoms. The van der Waals surface area contributed by atoms with Gasteiger partial charge in [-0.2, -0.15) is 0 Å². The number of hydrogen-bond donors (Lipinski definition) is 0. The second-order valence-corrected chi connectivity index (χ2v) is 17.9. The molecule has 1 saturated heterocycles. The summed E-state index contributed by atoms with van der Waals surface area (Å²) in [4.78, 5) is 13.3. The second-order valence-electron chi connectivity index (χ2n) is 17.9. The lowest BCUT2D eigenvalue weighted by Crippen LogP contribution is -2.41. The Bertz CT molecular complexity index is 1050. The molecule has 0 unspecified atom stereocenters. The van der Waals surface area contributed by atoms with E-state index in [2.05, 4.69) is 144 Å². The average molecular weight is 636 g/mol. The number of benzene rings is 2. The number of ether oxygens (including phenoxy) is 1. The molecule has 3 nitrogen and oxygen atoms in total. The molecule has 0 aromatic heterocycles. The third-order valence-corrected chi connectivity index (χ3v) is 9.29. The molecule has 1 aliphatic carbocycles. The van der Waals surface area contributed by atoms with E-state index in [1.807, 2.05) is 11.8 Å². The van der Waals surface area contributed by atoms with Crippen molar-refractivity contribution in [1.82, 2.24) is 4.90 Å². The Morgan fingerprint density at radius 1 is 0.652 bits per heavy atom. The highest BCUT2D eigenvalue weighted by Gasteiger charge is 2.30. The maximum absolute atomic E-state index is 11.5. The highest BCUT2D eigenvalue weighted by atomic mass is 16.6. The monoisotopic (exact) mass is 636 g/mol. The molecule has 4 rings (SSSR count). The van der Waals surface area contributed by atoms with Gasteiger partial charge in [-0.15, -0.1) is 0 Å². The SMILES string of the molecule is CC(C)(C)C1CCCCC1.CC(C)(C)Cc1ccccc1.CC(C)(C)c1ccccc1.CCOC(=O)N1CCC(C(C)(C)C)CC1. The summed E-state index contributed by atoms with van der Waals surface area (Å²) in [5.41, 5.74) is 4.46. The van der Waals surface area contributed by atoms with Crippen LogP contribution in [0.2, 0.25) is 0 Å². The van der Waals surface area contributed by atoms with Crippen LogP contribution in [0, 0.1) is 28.1 Å². The zero-order valence-corrected chi connectivity index (χ0v) is 32.5. The molecule has 0 atom stereocenters. The molecule has 1 amide bonds. The zero-order valence-electron chi connectivity index (χ0n) is 32.5. The van der Waals surface area contributed by atoms with Crippen LogP contribution in [-0.4, -0.2) is 30.7 Å². The van der Waals surface area contributed by atoms with Crippen molar-refractivity contribution in [1.29, 1.82) is 0 Å². The smallest absolute Gasteiger partial charge is 0.409 e. The summed E-state index contributed by atoms with van der Waals surface area (Å²) in [6.07, 6.45) is 10.6. The first kappa shape index (κ1) is 41.7. The minimum atomic E-state index is -0.148. The highest BCUT2D eigenvalue weighted by molar-refractivity contribution is 5.67. The van der Waals surface area contributed by atoms with Gasteiger partial charge < -0.3 is 9.64 Å². The maximum Gasteiger partial charge on any atom is 0.409 e. The summed E-state index contributed by atoms with van der Waals surface area (Å²) in [5.74, 6) is 1.73. The van der Waals surface area contributed by atoms with Gasteiger partial charge in [0.15, 0.2) is 0 Å². The van der Waals surface area contributed by atoms with Crippen LogP contribution in [0.25, 0.3) is 0 Å². The van der Waals surface area contributed by atoms with E-state index in [9.17, 15) is 4.79 Å². The minimum Gasteiger partial charge on any atom is -0.450 e. The van der Waals surface area contributed by atoms with E-state index >= 15 is 0 Å². The predicted octanol–water partition coefficient (Wildman–Crippen LogP) is 12.8. The number of rotatable bonds is 2. The van der Waals surface area contributed by atoms with Crippen LogP contribution >= 0.6 is 0 Å². The minimum absolute atomic E-state index is 0.148. The van der Waals surface area contributed by atoms with Crippen LogP contribution in [0.1, 0.15) is 146 Å². The second kappa shape index (κ2) is 19.5. The highest BCUT2D eigenvalue weighted by Crippen LogP contribution is 2.37. The van der Waals surface area contributed by atoms with Crippen molar-refractivity contribution in [3.63, 3.8) is 0 Å². The first-order chi connectivity index (χ1) is 21.2. The van der Waals surface area contributed by atoms with Gasteiger partial charge in [-0.3, -0.25) is 0 Å². The lowest BCUT2D eigenvalue weighted by molar-refractivity contribution is 0.0736. The van der Waals surface area contributed by atoms with E-state index < -0.39 is 0 Å². The molecule has 46 heavy (non-hydrogen) atoms. The van der Waals surface area contributed by atoms with Gasteiger partial charge in [0.2, 0.25) is 0 Å². The fourth-order valence-electron chi connectivity index (χ4n) is 6.26. The number of likely N-dealkylation sites (tertiary alicyclic amines) is 1. The lowest BCUT2D eigenvalue weighted by atomic mass is 9.72. The number of amides is 1.